The summed E-state index contributed by atoms with van der Waals surface area (Å²) in [6, 6.07) is 0. The molecule has 0 bridgehead atoms. The first kappa shape index (κ1) is 14.2. The Morgan fingerprint density at radius 1 is 1.41 bits per heavy atom. The van der Waals surface area contributed by atoms with Gasteiger partial charge < -0.3 is 0 Å². The summed E-state index contributed by atoms with van der Waals surface area (Å²) in [4.78, 5) is 26.0. The number of hydrogen-bond acceptors (Lipinski definition) is 3. The molecule has 17 heavy (non-hydrogen) atoms. The van der Waals surface area contributed by atoms with Crippen LogP contribution < -0.4 is 11.2 Å². The molecule has 5 nitrogen and oxygen atoms in total. The van der Waals surface area contributed by atoms with Crippen LogP contribution >= 0.6 is 11.6 Å². The normalized spacial score (nSPS) is 13.0. The monoisotopic (exact) mass is 278 g/mol. The lowest BCUT2D eigenvalue weighted by Crippen LogP contribution is -2.38. The van der Waals surface area contributed by atoms with E-state index in [1.54, 1.807) is 0 Å². The molecule has 0 saturated carbocycles. The van der Waals surface area contributed by atoms with Gasteiger partial charge in [-0.15, -0.1) is 0 Å². The molecular weight excluding hydrogens is 264 g/mol. The second kappa shape index (κ2) is 5.64. The Morgan fingerprint density at radius 2 is 2.00 bits per heavy atom. The van der Waals surface area contributed by atoms with Crippen molar-refractivity contribution in [2.45, 2.75) is 26.3 Å². The smallest absolute Gasteiger partial charge is 0.297 e. The zero-order chi connectivity index (χ0) is 13.2. The molecule has 0 aromatic carbocycles. The van der Waals surface area contributed by atoms with Crippen molar-refractivity contribution in [1.29, 1.82) is 0 Å². The van der Waals surface area contributed by atoms with E-state index in [0.29, 0.717) is 5.56 Å². The minimum absolute atomic E-state index is 0.0785. The van der Waals surface area contributed by atoms with Gasteiger partial charge in [0.05, 0.1) is 5.56 Å². The molecule has 0 aliphatic carbocycles. The fourth-order valence-corrected chi connectivity index (χ4v) is 2.30. The first-order valence-electron chi connectivity index (χ1n) is 5.17. The van der Waals surface area contributed by atoms with Crippen LogP contribution in [0, 0.1) is 0 Å². The highest BCUT2D eigenvalue weighted by atomic mass is 35.5. The van der Waals surface area contributed by atoms with Gasteiger partial charge in [0.2, 0.25) is 0 Å². The molecule has 1 atom stereocenters. The van der Waals surface area contributed by atoms with Gasteiger partial charge in [0.25, 0.3) is 5.56 Å². The molecule has 0 radical (unpaired) electrons. The molecule has 0 fully saturated rings. The largest absolute Gasteiger partial charge is 0.329 e. The number of aromatic amines is 1. The number of H-pyrrole nitrogens is 1. The number of rotatable bonds is 4. The van der Waals surface area contributed by atoms with E-state index in [9.17, 15) is 13.8 Å². The molecule has 7 heteroatoms. The van der Waals surface area contributed by atoms with Crippen molar-refractivity contribution in [3.63, 3.8) is 0 Å². The van der Waals surface area contributed by atoms with Gasteiger partial charge in [-0.05, 0) is 5.92 Å². The SMILES string of the molecule is CC(C)c1c(Cl)[nH]c(=O)n(CCS(C)=O)c1=O. The van der Waals surface area contributed by atoms with Crippen LogP contribution in [0.4, 0.5) is 0 Å². The standard InChI is InChI=1S/C10H15ClN2O3S/c1-6(2)7-8(11)12-10(15)13(9(7)14)4-5-17(3)16/h6H,4-5H2,1-3H3,(H,12,15). The van der Waals surface area contributed by atoms with Gasteiger partial charge in [-0.2, -0.15) is 0 Å². The first-order chi connectivity index (χ1) is 7.84. The van der Waals surface area contributed by atoms with Crippen molar-refractivity contribution in [3.05, 3.63) is 31.6 Å². The third kappa shape index (κ3) is 3.29. The maximum absolute atomic E-state index is 12.0. The van der Waals surface area contributed by atoms with Gasteiger partial charge in [-0.3, -0.25) is 18.6 Å². The van der Waals surface area contributed by atoms with E-state index in [0.717, 1.165) is 4.57 Å². The Bertz CT molecular complexity index is 547. The number of aromatic nitrogens is 2. The lowest BCUT2D eigenvalue weighted by Gasteiger charge is -2.10. The molecule has 0 aliphatic heterocycles. The van der Waals surface area contributed by atoms with Crippen LogP contribution in [0.1, 0.15) is 25.3 Å². The molecule has 0 spiro atoms. The Kier molecular flexibility index (Phi) is 4.70. The van der Waals surface area contributed by atoms with E-state index in [1.165, 1.54) is 6.26 Å². The average molecular weight is 279 g/mol. The molecule has 1 rings (SSSR count). The number of nitrogens with one attached hydrogen (secondary N) is 1. The van der Waals surface area contributed by atoms with Crippen molar-refractivity contribution < 1.29 is 4.21 Å². The molecular formula is C10H15ClN2O3S. The van der Waals surface area contributed by atoms with Gasteiger partial charge in [-0.25, -0.2) is 4.79 Å². The lowest BCUT2D eigenvalue weighted by molar-refractivity contribution is 0.640. The van der Waals surface area contributed by atoms with Gasteiger partial charge >= 0.3 is 5.69 Å². The van der Waals surface area contributed by atoms with Crippen molar-refractivity contribution in [1.82, 2.24) is 9.55 Å². The molecule has 1 unspecified atom stereocenters. The van der Waals surface area contributed by atoms with Crippen LogP contribution in [0.3, 0.4) is 0 Å². The molecule has 0 aliphatic rings. The third-order valence-electron chi connectivity index (χ3n) is 2.35. The van der Waals surface area contributed by atoms with Crippen molar-refractivity contribution >= 4 is 22.4 Å². The first-order valence-corrected chi connectivity index (χ1v) is 7.27. The maximum Gasteiger partial charge on any atom is 0.329 e. The summed E-state index contributed by atoms with van der Waals surface area (Å²) in [6.45, 7) is 3.78. The van der Waals surface area contributed by atoms with Crippen LogP contribution in [0.2, 0.25) is 5.15 Å². The minimum atomic E-state index is -1.05. The van der Waals surface area contributed by atoms with E-state index in [2.05, 4.69) is 4.98 Å². The van der Waals surface area contributed by atoms with Crippen LogP contribution in [0.5, 0.6) is 0 Å². The summed E-state index contributed by atoms with van der Waals surface area (Å²) in [5.74, 6) is 0.188. The summed E-state index contributed by atoms with van der Waals surface area (Å²) < 4.78 is 12.0. The number of nitrogens with zero attached hydrogens (tertiary/aromatic N) is 1. The fraction of sp³-hybridized carbons (Fsp3) is 0.600. The fourth-order valence-electron chi connectivity index (χ4n) is 1.48. The number of halogens is 1. The van der Waals surface area contributed by atoms with E-state index >= 15 is 0 Å². The van der Waals surface area contributed by atoms with Crippen LogP contribution in [-0.2, 0) is 17.3 Å². The Morgan fingerprint density at radius 3 is 2.47 bits per heavy atom. The maximum atomic E-state index is 12.0. The third-order valence-corrected chi connectivity index (χ3v) is 3.41. The van der Waals surface area contributed by atoms with Crippen LogP contribution in [0.25, 0.3) is 0 Å². The summed E-state index contributed by atoms with van der Waals surface area (Å²) in [6.07, 6.45) is 1.53. The highest BCUT2D eigenvalue weighted by Gasteiger charge is 2.15. The second-order valence-corrected chi connectivity index (χ2v) is 5.98. The summed E-state index contributed by atoms with van der Waals surface area (Å²) in [7, 11) is -1.05. The van der Waals surface area contributed by atoms with E-state index in [-0.39, 0.29) is 23.4 Å². The van der Waals surface area contributed by atoms with E-state index < -0.39 is 22.0 Å². The van der Waals surface area contributed by atoms with E-state index in [4.69, 9.17) is 11.6 Å². The number of hydrogen-bond donors (Lipinski definition) is 1. The zero-order valence-corrected chi connectivity index (χ0v) is 11.5. The quantitative estimate of drug-likeness (QED) is 0.824. The van der Waals surface area contributed by atoms with Crippen molar-refractivity contribution in [2.24, 2.45) is 0 Å². The van der Waals surface area contributed by atoms with E-state index in [1.807, 2.05) is 13.8 Å². The van der Waals surface area contributed by atoms with Gasteiger partial charge in [-0.1, -0.05) is 25.4 Å². The molecule has 1 aromatic heterocycles. The molecule has 1 heterocycles. The minimum Gasteiger partial charge on any atom is -0.297 e. The highest BCUT2D eigenvalue weighted by Crippen LogP contribution is 2.16. The second-order valence-electron chi connectivity index (χ2n) is 4.05. The van der Waals surface area contributed by atoms with Gasteiger partial charge in [0.15, 0.2) is 0 Å². The summed E-state index contributed by atoms with van der Waals surface area (Å²) in [5.41, 5.74) is -0.581. The van der Waals surface area contributed by atoms with Crippen molar-refractivity contribution in [2.75, 3.05) is 12.0 Å². The predicted octanol–water partition coefficient (Wildman–Crippen LogP) is 0.692. The van der Waals surface area contributed by atoms with Gasteiger partial charge in [0, 0.05) is 29.4 Å². The predicted molar refractivity (Wildman–Crippen MR) is 69.4 cm³/mol. The molecule has 0 saturated heterocycles. The highest BCUT2D eigenvalue weighted by molar-refractivity contribution is 7.84. The molecule has 96 valence electrons. The Balaban J connectivity index is 3.31. The van der Waals surface area contributed by atoms with Crippen LogP contribution in [0.15, 0.2) is 9.59 Å². The zero-order valence-electron chi connectivity index (χ0n) is 9.95. The summed E-state index contributed by atoms with van der Waals surface area (Å²) in [5, 5.41) is 0.0869. The van der Waals surface area contributed by atoms with Gasteiger partial charge in [0.1, 0.15) is 5.15 Å². The molecule has 0 amide bonds. The molecule has 1 aromatic rings. The van der Waals surface area contributed by atoms with Crippen LogP contribution in [-0.4, -0.2) is 25.8 Å². The molecule has 1 N–H and O–H groups in total. The van der Waals surface area contributed by atoms with Crippen molar-refractivity contribution in [3.8, 4) is 0 Å². The Hall–Kier alpha value is -0.880. The lowest BCUT2D eigenvalue weighted by atomic mass is 10.1. The topological polar surface area (TPSA) is 71.9 Å². The Labute approximate surface area is 106 Å². The average Bonchev–Trinajstić information content (AvgIpc) is 2.14. The summed E-state index contributed by atoms with van der Waals surface area (Å²) >= 11 is 5.84.